The standard InChI is InChI=1S/C24H27NO6/c1-5-16(2)23(24(27)28)25-15-18-9-11-20(21(14-18)30-4)31-22(26)12-10-17-7-6-8-19(13-17)29-3/h6-16,23H,5H2,1-4H3,(H,27,28)/b12-10+,25-15+. The van der Waals surface area contributed by atoms with E-state index in [0.29, 0.717) is 23.5 Å². The lowest BCUT2D eigenvalue weighted by atomic mass is 10.00. The summed E-state index contributed by atoms with van der Waals surface area (Å²) in [6.07, 6.45) is 5.13. The van der Waals surface area contributed by atoms with Crippen LogP contribution in [0.2, 0.25) is 0 Å². The first-order chi connectivity index (χ1) is 14.9. The zero-order valence-corrected chi connectivity index (χ0v) is 18.1. The predicted molar refractivity (Wildman–Crippen MR) is 119 cm³/mol. The van der Waals surface area contributed by atoms with Gasteiger partial charge in [0.1, 0.15) is 11.8 Å². The van der Waals surface area contributed by atoms with Crippen molar-refractivity contribution >= 4 is 24.2 Å². The summed E-state index contributed by atoms with van der Waals surface area (Å²) in [5.74, 6) is -0.351. The Kier molecular flexibility index (Phi) is 8.81. The third-order valence-corrected chi connectivity index (χ3v) is 4.72. The summed E-state index contributed by atoms with van der Waals surface area (Å²) < 4.78 is 15.8. The summed E-state index contributed by atoms with van der Waals surface area (Å²) in [5.41, 5.74) is 1.43. The molecular formula is C24H27NO6. The van der Waals surface area contributed by atoms with Gasteiger partial charge >= 0.3 is 11.9 Å². The van der Waals surface area contributed by atoms with E-state index in [1.54, 1.807) is 37.5 Å². The van der Waals surface area contributed by atoms with E-state index in [0.717, 1.165) is 5.56 Å². The van der Waals surface area contributed by atoms with E-state index in [2.05, 4.69) is 4.99 Å². The molecule has 0 fully saturated rings. The van der Waals surface area contributed by atoms with Gasteiger partial charge in [-0.15, -0.1) is 0 Å². The van der Waals surface area contributed by atoms with Crippen LogP contribution in [0.3, 0.4) is 0 Å². The van der Waals surface area contributed by atoms with Gasteiger partial charge in [0, 0.05) is 12.3 Å². The van der Waals surface area contributed by atoms with Gasteiger partial charge in [0.2, 0.25) is 0 Å². The molecule has 0 aliphatic heterocycles. The predicted octanol–water partition coefficient (Wildman–Crippen LogP) is 4.24. The van der Waals surface area contributed by atoms with Crippen LogP contribution in [0.1, 0.15) is 31.4 Å². The number of carbonyl (C=O) groups is 2. The maximum Gasteiger partial charge on any atom is 0.336 e. The van der Waals surface area contributed by atoms with Gasteiger partial charge in [-0.3, -0.25) is 4.99 Å². The van der Waals surface area contributed by atoms with Gasteiger partial charge in [0.05, 0.1) is 14.2 Å². The van der Waals surface area contributed by atoms with Crippen LogP contribution in [0.4, 0.5) is 0 Å². The molecule has 0 aliphatic carbocycles. The highest BCUT2D eigenvalue weighted by Crippen LogP contribution is 2.28. The van der Waals surface area contributed by atoms with Gasteiger partial charge in [-0.1, -0.05) is 32.4 Å². The normalized spacial score (nSPS) is 13.2. The number of carboxylic acid groups (broad SMARTS) is 1. The number of hydrogen-bond donors (Lipinski definition) is 1. The molecule has 31 heavy (non-hydrogen) atoms. The number of rotatable bonds is 10. The van der Waals surface area contributed by atoms with E-state index in [1.807, 2.05) is 32.0 Å². The Morgan fingerprint density at radius 2 is 1.84 bits per heavy atom. The zero-order chi connectivity index (χ0) is 22.8. The fraction of sp³-hybridized carbons (Fsp3) is 0.292. The molecule has 2 rings (SSSR count). The van der Waals surface area contributed by atoms with Crippen molar-refractivity contribution in [2.24, 2.45) is 10.9 Å². The molecule has 0 radical (unpaired) electrons. The number of benzene rings is 2. The Balaban J connectivity index is 2.12. The molecule has 2 atom stereocenters. The third kappa shape index (κ3) is 6.99. The number of esters is 1. The quantitative estimate of drug-likeness (QED) is 0.265. The van der Waals surface area contributed by atoms with Gasteiger partial charge in [0.25, 0.3) is 0 Å². The van der Waals surface area contributed by atoms with Crippen molar-refractivity contribution in [2.45, 2.75) is 26.3 Å². The molecule has 2 aromatic carbocycles. The number of carboxylic acids is 1. The molecule has 0 aromatic heterocycles. The van der Waals surface area contributed by atoms with Crippen molar-refractivity contribution in [3.63, 3.8) is 0 Å². The molecule has 0 saturated carbocycles. The van der Waals surface area contributed by atoms with E-state index in [9.17, 15) is 14.7 Å². The fourth-order valence-electron chi connectivity index (χ4n) is 2.74. The molecule has 1 N–H and O–H groups in total. The van der Waals surface area contributed by atoms with Crippen molar-refractivity contribution in [2.75, 3.05) is 14.2 Å². The van der Waals surface area contributed by atoms with E-state index < -0.39 is 18.0 Å². The molecule has 164 valence electrons. The number of hydrogen-bond acceptors (Lipinski definition) is 6. The van der Waals surface area contributed by atoms with Crippen molar-refractivity contribution in [3.8, 4) is 17.2 Å². The Morgan fingerprint density at radius 1 is 1.06 bits per heavy atom. The Morgan fingerprint density at radius 3 is 2.48 bits per heavy atom. The molecule has 7 nitrogen and oxygen atoms in total. The molecule has 2 unspecified atom stereocenters. The van der Waals surface area contributed by atoms with Crippen molar-refractivity contribution in [1.29, 1.82) is 0 Å². The second-order valence-corrected chi connectivity index (χ2v) is 6.89. The number of methoxy groups -OCH3 is 2. The lowest BCUT2D eigenvalue weighted by molar-refractivity contribution is -0.139. The first-order valence-corrected chi connectivity index (χ1v) is 9.85. The lowest BCUT2D eigenvalue weighted by Gasteiger charge is -2.14. The summed E-state index contributed by atoms with van der Waals surface area (Å²) >= 11 is 0. The average molecular weight is 425 g/mol. The van der Waals surface area contributed by atoms with E-state index in [-0.39, 0.29) is 11.7 Å². The summed E-state index contributed by atoms with van der Waals surface area (Å²) in [4.78, 5) is 27.8. The maximum absolute atomic E-state index is 12.2. The van der Waals surface area contributed by atoms with Crippen molar-refractivity contribution in [3.05, 3.63) is 59.7 Å². The highest BCUT2D eigenvalue weighted by atomic mass is 16.6. The largest absolute Gasteiger partial charge is 0.497 e. The van der Waals surface area contributed by atoms with Crippen LogP contribution in [0.5, 0.6) is 17.2 Å². The first-order valence-electron chi connectivity index (χ1n) is 9.85. The minimum atomic E-state index is -0.967. The zero-order valence-electron chi connectivity index (χ0n) is 18.1. The highest BCUT2D eigenvalue weighted by molar-refractivity contribution is 5.89. The maximum atomic E-state index is 12.2. The molecule has 0 heterocycles. The van der Waals surface area contributed by atoms with Crippen LogP contribution in [-0.2, 0) is 9.59 Å². The van der Waals surface area contributed by atoms with Crippen LogP contribution in [-0.4, -0.2) is 43.5 Å². The van der Waals surface area contributed by atoms with Gasteiger partial charge in [-0.05, 0) is 53.5 Å². The Hall–Kier alpha value is -3.61. The number of aliphatic imine (C=N–C) groups is 1. The van der Waals surface area contributed by atoms with Crippen LogP contribution >= 0.6 is 0 Å². The first kappa shape index (κ1) is 23.7. The summed E-state index contributed by atoms with van der Waals surface area (Å²) in [6.45, 7) is 3.77. The molecular weight excluding hydrogens is 398 g/mol. The van der Waals surface area contributed by atoms with Gasteiger partial charge in [-0.2, -0.15) is 0 Å². The highest BCUT2D eigenvalue weighted by Gasteiger charge is 2.21. The smallest absolute Gasteiger partial charge is 0.336 e. The van der Waals surface area contributed by atoms with Crippen LogP contribution in [0.15, 0.2) is 53.5 Å². The minimum Gasteiger partial charge on any atom is -0.497 e. The van der Waals surface area contributed by atoms with E-state index >= 15 is 0 Å². The molecule has 2 aromatic rings. The van der Waals surface area contributed by atoms with Gasteiger partial charge < -0.3 is 19.3 Å². The summed E-state index contributed by atoms with van der Waals surface area (Å²) in [7, 11) is 3.03. The molecule has 0 saturated heterocycles. The second kappa shape index (κ2) is 11.5. The van der Waals surface area contributed by atoms with Gasteiger partial charge in [0.15, 0.2) is 11.5 Å². The van der Waals surface area contributed by atoms with Crippen LogP contribution in [0, 0.1) is 5.92 Å². The fourth-order valence-corrected chi connectivity index (χ4v) is 2.74. The number of carbonyl (C=O) groups excluding carboxylic acids is 1. The minimum absolute atomic E-state index is 0.0905. The topological polar surface area (TPSA) is 94.4 Å². The number of ether oxygens (including phenoxy) is 3. The van der Waals surface area contributed by atoms with Crippen LogP contribution < -0.4 is 14.2 Å². The molecule has 0 spiro atoms. The summed E-state index contributed by atoms with van der Waals surface area (Å²) in [5, 5.41) is 9.35. The van der Waals surface area contributed by atoms with Gasteiger partial charge in [-0.25, -0.2) is 9.59 Å². The van der Waals surface area contributed by atoms with Crippen molar-refractivity contribution in [1.82, 2.24) is 0 Å². The average Bonchev–Trinajstić information content (AvgIpc) is 2.78. The number of aliphatic carboxylic acids is 1. The monoisotopic (exact) mass is 425 g/mol. The van der Waals surface area contributed by atoms with Crippen molar-refractivity contribution < 1.29 is 28.9 Å². The molecule has 7 heteroatoms. The molecule has 0 bridgehead atoms. The Labute approximate surface area is 182 Å². The summed E-state index contributed by atoms with van der Waals surface area (Å²) in [6, 6.07) is 11.3. The number of nitrogens with zero attached hydrogens (tertiary/aromatic N) is 1. The van der Waals surface area contributed by atoms with Crippen LogP contribution in [0.25, 0.3) is 6.08 Å². The lowest BCUT2D eigenvalue weighted by Crippen LogP contribution is -2.25. The third-order valence-electron chi connectivity index (χ3n) is 4.72. The van der Waals surface area contributed by atoms with E-state index in [4.69, 9.17) is 14.2 Å². The molecule has 0 aliphatic rings. The Bertz CT molecular complexity index is 966. The second-order valence-electron chi connectivity index (χ2n) is 6.89. The molecule has 0 amide bonds. The SMILES string of the molecule is CCC(C)C(/N=C/c1ccc(OC(=O)/C=C/c2cccc(OC)c2)c(OC)c1)C(=O)O. The van der Waals surface area contributed by atoms with E-state index in [1.165, 1.54) is 19.4 Å².